The van der Waals surface area contributed by atoms with E-state index in [9.17, 15) is 18.0 Å². The maximum absolute atomic E-state index is 11.3. The number of hydrogen-bond donors (Lipinski definition) is 3. The summed E-state index contributed by atoms with van der Waals surface area (Å²) in [5, 5.41) is 4.71. The molecule has 0 aromatic carbocycles. The number of rotatable bonds is 3. The molecule has 1 rings (SSSR count). The highest BCUT2D eigenvalue weighted by atomic mass is 32.2. The third kappa shape index (κ3) is 3.78. The highest BCUT2D eigenvalue weighted by Gasteiger charge is 2.38. The molecule has 0 aromatic heterocycles. The van der Waals surface area contributed by atoms with E-state index in [4.69, 9.17) is 5.73 Å². The Kier molecular flexibility index (Phi) is 3.54. The van der Waals surface area contributed by atoms with Gasteiger partial charge >= 0.3 is 6.03 Å². The molecule has 0 spiro atoms. The number of primary amides is 1. The first-order chi connectivity index (χ1) is 7.22. The minimum absolute atomic E-state index is 0.00382. The van der Waals surface area contributed by atoms with Gasteiger partial charge in [0.2, 0.25) is 5.91 Å². The van der Waals surface area contributed by atoms with Crippen LogP contribution in [-0.4, -0.2) is 43.9 Å². The number of carbonyl (C=O) groups is 2. The van der Waals surface area contributed by atoms with E-state index in [-0.39, 0.29) is 18.1 Å². The second-order valence-corrected chi connectivity index (χ2v) is 6.35. The molecule has 0 aromatic rings. The van der Waals surface area contributed by atoms with Crippen molar-refractivity contribution in [3.05, 3.63) is 0 Å². The molecular formula is C8H15N3O4S. The van der Waals surface area contributed by atoms with Crippen LogP contribution < -0.4 is 16.4 Å². The van der Waals surface area contributed by atoms with Crippen LogP contribution in [0.2, 0.25) is 0 Å². The zero-order valence-electron chi connectivity index (χ0n) is 8.95. The summed E-state index contributed by atoms with van der Waals surface area (Å²) in [7, 11) is -3.01. The van der Waals surface area contributed by atoms with Gasteiger partial charge in [0.05, 0.1) is 18.1 Å². The van der Waals surface area contributed by atoms with E-state index in [0.29, 0.717) is 6.42 Å². The Labute approximate surface area is 93.7 Å². The number of nitrogens with one attached hydrogen (secondary N) is 2. The minimum atomic E-state index is -3.01. The van der Waals surface area contributed by atoms with Gasteiger partial charge in [-0.2, -0.15) is 0 Å². The van der Waals surface area contributed by atoms with Gasteiger partial charge in [-0.15, -0.1) is 0 Å². The number of imide groups is 1. The smallest absolute Gasteiger partial charge is 0.318 e. The van der Waals surface area contributed by atoms with Crippen LogP contribution in [0.5, 0.6) is 0 Å². The van der Waals surface area contributed by atoms with E-state index in [0.717, 1.165) is 0 Å². The van der Waals surface area contributed by atoms with Crippen molar-refractivity contribution in [1.82, 2.24) is 10.6 Å². The molecular weight excluding hydrogens is 234 g/mol. The molecule has 4 N–H and O–H groups in total. The molecule has 1 atom stereocenters. The van der Waals surface area contributed by atoms with Gasteiger partial charge in [0.15, 0.2) is 9.84 Å². The van der Waals surface area contributed by atoms with E-state index in [1.807, 2.05) is 5.32 Å². The summed E-state index contributed by atoms with van der Waals surface area (Å²) in [6.45, 7) is 1.60. The van der Waals surface area contributed by atoms with E-state index in [1.165, 1.54) is 0 Å². The zero-order valence-corrected chi connectivity index (χ0v) is 9.76. The van der Waals surface area contributed by atoms with E-state index < -0.39 is 27.3 Å². The summed E-state index contributed by atoms with van der Waals surface area (Å²) in [4.78, 5) is 21.4. The van der Waals surface area contributed by atoms with Crippen LogP contribution in [0.3, 0.4) is 0 Å². The first-order valence-corrected chi connectivity index (χ1v) is 6.59. The summed E-state index contributed by atoms with van der Waals surface area (Å²) in [5.74, 6) is -0.448. The average Bonchev–Trinajstić information content (AvgIpc) is 2.37. The van der Waals surface area contributed by atoms with Crippen molar-refractivity contribution in [1.29, 1.82) is 0 Å². The van der Waals surface area contributed by atoms with Crippen LogP contribution in [0, 0.1) is 0 Å². The van der Waals surface area contributed by atoms with Crippen molar-refractivity contribution in [2.45, 2.75) is 18.9 Å². The Morgan fingerprint density at radius 3 is 2.50 bits per heavy atom. The van der Waals surface area contributed by atoms with Gasteiger partial charge < -0.3 is 11.1 Å². The summed E-state index contributed by atoms with van der Waals surface area (Å²) in [5.41, 5.74) is 4.16. The first kappa shape index (κ1) is 12.9. The van der Waals surface area contributed by atoms with Crippen molar-refractivity contribution >= 4 is 21.8 Å². The van der Waals surface area contributed by atoms with Gasteiger partial charge in [0.25, 0.3) is 0 Å². The normalized spacial score (nSPS) is 27.6. The van der Waals surface area contributed by atoms with Crippen LogP contribution >= 0.6 is 0 Å². The second-order valence-electron chi connectivity index (χ2n) is 4.17. The Balaban J connectivity index is 2.44. The van der Waals surface area contributed by atoms with Crippen molar-refractivity contribution < 1.29 is 18.0 Å². The Bertz CT molecular complexity index is 406. The standard InChI is InChI=1S/C8H15N3O4S/c1-8(2-3-16(14,15)5-8)10-4-6(12)11-7(9)13/h10H,2-5H2,1H3,(H3,9,11,12,13). The predicted octanol–water partition coefficient (Wildman–Crippen LogP) is -1.65. The Hall–Kier alpha value is -1.15. The van der Waals surface area contributed by atoms with Crippen LogP contribution in [-0.2, 0) is 14.6 Å². The number of nitrogens with two attached hydrogens (primary N) is 1. The number of hydrogen-bond acceptors (Lipinski definition) is 5. The number of urea groups is 1. The van der Waals surface area contributed by atoms with Crippen molar-refractivity contribution in [2.75, 3.05) is 18.1 Å². The monoisotopic (exact) mass is 249 g/mol. The van der Waals surface area contributed by atoms with Gasteiger partial charge in [0.1, 0.15) is 0 Å². The fraction of sp³-hybridized carbons (Fsp3) is 0.750. The number of sulfone groups is 1. The molecule has 1 saturated heterocycles. The summed E-state index contributed by atoms with van der Waals surface area (Å²) in [6, 6.07) is -0.920. The van der Waals surface area contributed by atoms with Crippen LogP contribution in [0.15, 0.2) is 0 Å². The molecule has 0 radical (unpaired) electrons. The maximum atomic E-state index is 11.3. The lowest BCUT2D eigenvalue weighted by Gasteiger charge is -2.23. The third-order valence-electron chi connectivity index (χ3n) is 2.44. The molecule has 8 heteroatoms. The van der Waals surface area contributed by atoms with Gasteiger partial charge in [-0.1, -0.05) is 0 Å². The van der Waals surface area contributed by atoms with E-state index in [1.54, 1.807) is 6.92 Å². The molecule has 1 fully saturated rings. The molecule has 7 nitrogen and oxygen atoms in total. The van der Waals surface area contributed by atoms with Crippen LogP contribution in [0.1, 0.15) is 13.3 Å². The van der Waals surface area contributed by atoms with Gasteiger partial charge in [0, 0.05) is 5.54 Å². The van der Waals surface area contributed by atoms with Gasteiger partial charge in [-0.25, -0.2) is 13.2 Å². The molecule has 0 aliphatic carbocycles. The van der Waals surface area contributed by atoms with Crippen molar-refractivity contribution in [3.63, 3.8) is 0 Å². The fourth-order valence-electron chi connectivity index (χ4n) is 1.63. The molecule has 1 aliphatic rings. The molecule has 92 valence electrons. The summed E-state index contributed by atoms with van der Waals surface area (Å²) < 4.78 is 22.5. The SMILES string of the molecule is CC1(NCC(=O)NC(N)=O)CCS(=O)(=O)C1. The highest BCUT2D eigenvalue weighted by Crippen LogP contribution is 2.22. The quantitative estimate of drug-likeness (QED) is 0.553. The Morgan fingerprint density at radius 1 is 1.44 bits per heavy atom. The highest BCUT2D eigenvalue weighted by molar-refractivity contribution is 7.91. The maximum Gasteiger partial charge on any atom is 0.318 e. The Morgan fingerprint density at radius 2 is 2.06 bits per heavy atom. The topological polar surface area (TPSA) is 118 Å². The van der Waals surface area contributed by atoms with Crippen LogP contribution in [0.4, 0.5) is 4.79 Å². The van der Waals surface area contributed by atoms with Crippen LogP contribution in [0.25, 0.3) is 0 Å². The lowest BCUT2D eigenvalue weighted by molar-refractivity contribution is -0.119. The first-order valence-electron chi connectivity index (χ1n) is 4.77. The van der Waals surface area contributed by atoms with Gasteiger partial charge in [-0.05, 0) is 13.3 Å². The lowest BCUT2D eigenvalue weighted by atomic mass is 10.0. The third-order valence-corrected chi connectivity index (χ3v) is 4.34. The fourth-order valence-corrected chi connectivity index (χ4v) is 3.75. The molecule has 1 unspecified atom stereocenters. The minimum Gasteiger partial charge on any atom is -0.351 e. The molecule has 1 heterocycles. The largest absolute Gasteiger partial charge is 0.351 e. The van der Waals surface area contributed by atoms with Gasteiger partial charge in [-0.3, -0.25) is 10.1 Å². The van der Waals surface area contributed by atoms with E-state index in [2.05, 4.69) is 5.32 Å². The molecule has 1 aliphatic heterocycles. The number of carbonyl (C=O) groups excluding carboxylic acids is 2. The molecule has 0 saturated carbocycles. The van der Waals surface area contributed by atoms with Crippen molar-refractivity contribution in [3.8, 4) is 0 Å². The summed E-state index contributed by atoms with van der Waals surface area (Å²) >= 11 is 0. The number of amides is 3. The van der Waals surface area contributed by atoms with Crippen molar-refractivity contribution in [2.24, 2.45) is 5.73 Å². The lowest BCUT2D eigenvalue weighted by Crippen LogP contribution is -2.49. The second kappa shape index (κ2) is 4.38. The average molecular weight is 249 g/mol. The molecule has 3 amide bonds. The zero-order chi connectivity index (χ0) is 12.4. The van der Waals surface area contributed by atoms with E-state index >= 15 is 0 Å². The predicted molar refractivity (Wildman–Crippen MR) is 57.4 cm³/mol. The molecule has 0 bridgehead atoms. The molecule has 16 heavy (non-hydrogen) atoms. The summed E-state index contributed by atoms with van der Waals surface area (Å²) in [6.07, 6.45) is 0.458.